The van der Waals surface area contributed by atoms with E-state index in [2.05, 4.69) is 9.97 Å². The number of amides is 1. The van der Waals surface area contributed by atoms with E-state index in [1.54, 1.807) is 11.1 Å². The Labute approximate surface area is 126 Å². The molecule has 2 heterocycles. The summed E-state index contributed by atoms with van der Waals surface area (Å²) in [5, 5.41) is 2.52. The number of carbonyl (C=O) groups excluding carboxylic acids is 1. The maximum atomic E-state index is 12.8. The van der Waals surface area contributed by atoms with Crippen molar-refractivity contribution in [2.75, 3.05) is 11.4 Å². The van der Waals surface area contributed by atoms with Crippen LogP contribution >= 0.6 is 11.3 Å². The molecule has 2 aromatic heterocycles. The number of aromatic nitrogens is 2. The van der Waals surface area contributed by atoms with Crippen LogP contribution in [0.25, 0.3) is 0 Å². The molecule has 110 valence electrons. The van der Waals surface area contributed by atoms with Crippen LogP contribution in [-0.4, -0.2) is 22.4 Å². The second-order valence-electron chi connectivity index (χ2n) is 5.08. The lowest BCUT2D eigenvalue weighted by Crippen LogP contribution is -2.33. The molecule has 1 N–H and O–H groups in total. The average Bonchev–Trinajstić information content (AvgIpc) is 3.01. The van der Waals surface area contributed by atoms with E-state index in [9.17, 15) is 9.59 Å². The number of aryl methyl sites for hydroxylation is 1. The number of fused-ring (bicyclic) bond motifs is 1. The molecular formula is C15H17N3O2S. The Morgan fingerprint density at radius 3 is 2.95 bits per heavy atom. The van der Waals surface area contributed by atoms with Gasteiger partial charge in [-0.2, -0.15) is 0 Å². The average molecular weight is 303 g/mol. The number of aromatic amines is 1. The maximum absolute atomic E-state index is 12.8. The first-order valence-corrected chi connectivity index (χ1v) is 8.05. The molecule has 3 rings (SSSR count). The monoisotopic (exact) mass is 303 g/mol. The minimum atomic E-state index is -0.200. The molecule has 0 radical (unpaired) electrons. The summed E-state index contributed by atoms with van der Waals surface area (Å²) in [6, 6.07) is 1.43. The Kier molecular flexibility index (Phi) is 3.88. The molecule has 6 heteroatoms. The number of hydrogen-bond acceptors (Lipinski definition) is 4. The van der Waals surface area contributed by atoms with Crippen LogP contribution in [0.2, 0.25) is 0 Å². The number of pyridine rings is 1. The third-order valence-electron chi connectivity index (χ3n) is 3.78. The standard InChI is InChI=1S/C15H17N3O2S/c1-2-18(15-16-7-8-21-15)14(20)11-9-13(19)17-12-6-4-3-5-10(11)12/h7-9H,2-6H2,1H3,(H,17,19). The number of rotatable bonds is 3. The fraction of sp³-hybridized carbons (Fsp3) is 0.400. The van der Waals surface area contributed by atoms with E-state index in [4.69, 9.17) is 0 Å². The second kappa shape index (κ2) is 5.81. The van der Waals surface area contributed by atoms with E-state index in [0.717, 1.165) is 36.9 Å². The minimum Gasteiger partial charge on any atom is -0.326 e. The third kappa shape index (κ3) is 2.63. The fourth-order valence-corrected chi connectivity index (χ4v) is 3.50. The molecule has 0 unspecified atom stereocenters. The van der Waals surface area contributed by atoms with Crippen LogP contribution < -0.4 is 10.5 Å². The summed E-state index contributed by atoms with van der Waals surface area (Å²) in [4.78, 5) is 33.4. The van der Waals surface area contributed by atoms with Gasteiger partial charge in [0, 0.05) is 29.9 Å². The van der Waals surface area contributed by atoms with E-state index >= 15 is 0 Å². The second-order valence-corrected chi connectivity index (χ2v) is 5.95. The van der Waals surface area contributed by atoms with Crippen molar-refractivity contribution in [3.8, 4) is 0 Å². The lowest BCUT2D eigenvalue weighted by Gasteiger charge is -2.22. The van der Waals surface area contributed by atoms with Gasteiger partial charge in [0.1, 0.15) is 0 Å². The van der Waals surface area contributed by atoms with Crippen LogP contribution in [0, 0.1) is 0 Å². The number of carbonyl (C=O) groups is 1. The van der Waals surface area contributed by atoms with E-state index in [0.29, 0.717) is 17.2 Å². The van der Waals surface area contributed by atoms with Crippen molar-refractivity contribution in [2.45, 2.75) is 32.6 Å². The topological polar surface area (TPSA) is 66.1 Å². The molecule has 0 fully saturated rings. The van der Waals surface area contributed by atoms with Gasteiger partial charge in [-0.05, 0) is 38.2 Å². The molecule has 5 nitrogen and oxygen atoms in total. The number of anilines is 1. The quantitative estimate of drug-likeness (QED) is 0.946. The molecule has 0 saturated carbocycles. The van der Waals surface area contributed by atoms with E-state index in [-0.39, 0.29) is 11.5 Å². The maximum Gasteiger partial charge on any atom is 0.260 e. The van der Waals surface area contributed by atoms with Crippen molar-refractivity contribution in [1.29, 1.82) is 0 Å². The lowest BCUT2D eigenvalue weighted by molar-refractivity contribution is 0.0986. The smallest absolute Gasteiger partial charge is 0.260 e. The summed E-state index contributed by atoms with van der Waals surface area (Å²) in [5.74, 6) is -0.128. The first kappa shape index (κ1) is 14.0. The molecule has 0 aliphatic heterocycles. The highest BCUT2D eigenvalue weighted by Crippen LogP contribution is 2.25. The molecule has 0 bridgehead atoms. The highest BCUT2D eigenvalue weighted by atomic mass is 32.1. The van der Waals surface area contributed by atoms with Crippen molar-refractivity contribution in [1.82, 2.24) is 9.97 Å². The van der Waals surface area contributed by atoms with Gasteiger partial charge in [0.15, 0.2) is 5.13 Å². The Morgan fingerprint density at radius 1 is 1.43 bits per heavy atom. The lowest BCUT2D eigenvalue weighted by atomic mass is 9.92. The van der Waals surface area contributed by atoms with Crippen LogP contribution in [0.4, 0.5) is 5.13 Å². The third-order valence-corrected chi connectivity index (χ3v) is 4.58. The van der Waals surface area contributed by atoms with Gasteiger partial charge >= 0.3 is 0 Å². The van der Waals surface area contributed by atoms with Crippen molar-refractivity contribution in [2.24, 2.45) is 0 Å². The van der Waals surface area contributed by atoms with Gasteiger partial charge in [0.2, 0.25) is 5.56 Å². The largest absolute Gasteiger partial charge is 0.326 e. The van der Waals surface area contributed by atoms with Crippen LogP contribution in [0.15, 0.2) is 22.4 Å². The summed E-state index contributed by atoms with van der Waals surface area (Å²) in [6.07, 6.45) is 5.49. The van der Waals surface area contributed by atoms with Crippen molar-refractivity contribution < 1.29 is 4.79 Å². The number of thiazole rings is 1. The Balaban J connectivity index is 2.05. The molecule has 0 saturated heterocycles. The molecule has 2 aromatic rings. The molecule has 1 amide bonds. The zero-order chi connectivity index (χ0) is 14.8. The van der Waals surface area contributed by atoms with Gasteiger partial charge in [0.25, 0.3) is 5.91 Å². The van der Waals surface area contributed by atoms with Crippen molar-refractivity contribution in [3.05, 3.63) is 44.8 Å². The molecule has 0 aromatic carbocycles. The van der Waals surface area contributed by atoms with E-state index < -0.39 is 0 Å². The van der Waals surface area contributed by atoms with Gasteiger partial charge in [0.05, 0.1) is 5.56 Å². The predicted molar refractivity (Wildman–Crippen MR) is 83.2 cm³/mol. The highest BCUT2D eigenvalue weighted by molar-refractivity contribution is 7.13. The Hall–Kier alpha value is -1.95. The van der Waals surface area contributed by atoms with Gasteiger partial charge in [-0.1, -0.05) is 0 Å². The minimum absolute atomic E-state index is 0.128. The highest BCUT2D eigenvalue weighted by Gasteiger charge is 2.24. The first-order valence-electron chi connectivity index (χ1n) is 7.17. The number of nitrogens with zero attached hydrogens (tertiary/aromatic N) is 2. The summed E-state index contributed by atoms with van der Waals surface area (Å²) in [5.41, 5.74) is 2.26. The van der Waals surface area contributed by atoms with Crippen LogP contribution in [0.3, 0.4) is 0 Å². The molecule has 0 spiro atoms. The normalized spacial score (nSPS) is 13.8. The van der Waals surface area contributed by atoms with Gasteiger partial charge < -0.3 is 4.98 Å². The fourth-order valence-electron chi connectivity index (χ4n) is 2.79. The molecular weight excluding hydrogens is 286 g/mol. The number of hydrogen-bond donors (Lipinski definition) is 1. The van der Waals surface area contributed by atoms with Gasteiger partial charge in [-0.3, -0.25) is 14.5 Å². The van der Waals surface area contributed by atoms with E-state index in [1.807, 2.05) is 12.3 Å². The first-order chi connectivity index (χ1) is 10.2. The van der Waals surface area contributed by atoms with Crippen molar-refractivity contribution >= 4 is 22.4 Å². The molecule has 1 aliphatic rings. The molecule has 21 heavy (non-hydrogen) atoms. The predicted octanol–water partition coefficient (Wildman–Crippen LogP) is 2.38. The zero-order valence-corrected chi connectivity index (χ0v) is 12.7. The van der Waals surface area contributed by atoms with Crippen LogP contribution in [0.5, 0.6) is 0 Å². The zero-order valence-electron chi connectivity index (χ0n) is 11.9. The number of H-pyrrole nitrogens is 1. The molecule has 1 aliphatic carbocycles. The van der Waals surface area contributed by atoms with Crippen molar-refractivity contribution in [3.63, 3.8) is 0 Å². The SMILES string of the molecule is CCN(C(=O)c1cc(=O)[nH]c2c1CCCC2)c1nccs1. The van der Waals surface area contributed by atoms with Crippen LogP contribution in [-0.2, 0) is 12.8 Å². The summed E-state index contributed by atoms with van der Waals surface area (Å²) in [6.45, 7) is 2.45. The molecule has 0 atom stereocenters. The Bertz CT molecular complexity index is 706. The van der Waals surface area contributed by atoms with Gasteiger partial charge in [-0.25, -0.2) is 4.98 Å². The Morgan fingerprint density at radius 2 is 2.24 bits per heavy atom. The van der Waals surface area contributed by atoms with E-state index in [1.165, 1.54) is 17.4 Å². The summed E-state index contributed by atoms with van der Waals surface area (Å²) >= 11 is 1.43. The number of nitrogens with one attached hydrogen (secondary N) is 1. The van der Waals surface area contributed by atoms with Gasteiger partial charge in [-0.15, -0.1) is 11.3 Å². The summed E-state index contributed by atoms with van der Waals surface area (Å²) < 4.78 is 0. The van der Waals surface area contributed by atoms with Crippen LogP contribution in [0.1, 0.15) is 41.4 Å². The summed E-state index contributed by atoms with van der Waals surface area (Å²) in [7, 11) is 0.